The molecule has 12 heteroatoms. The van der Waals surface area contributed by atoms with Crippen LogP contribution in [-0.4, -0.2) is 21.0 Å². The maximum absolute atomic E-state index is 14.7. The highest BCUT2D eigenvalue weighted by atomic mass is 19.4. The minimum absolute atomic E-state index is 0.0548. The molecule has 0 aliphatic heterocycles. The number of anilines is 2. The molecule has 1 fully saturated rings. The van der Waals surface area contributed by atoms with Gasteiger partial charge in [0.25, 0.3) is 12.0 Å². The number of aromatic nitrogens is 3. The molecule has 1 saturated carbocycles. The normalized spacial score (nSPS) is 16.3. The molecule has 6 nitrogen and oxygen atoms in total. The Morgan fingerprint density at radius 1 is 1.18 bits per heavy atom. The van der Waals surface area contributed by atoms with Crippen LogP contribution in [0.4, 0.5) is 37.8 Å². The Morgan fingerprint density at radius 2 is 1.85 bits per heavy atom. The van der Waals surface area contributed by atoms with E-state index in [-0.39, 0.29) is 46.6 Å². The average Bonchev–Trinajstić information content (AvgIpc) is 3.50. The highest BCUT2D eigenvalue weighted by Gasteiger charge is 2.53. The van der Waals surface area contributed by atoms with Gasteiger partial charge < -0.3 is 15.6 Å². The van der Waals surface area contributed by atoms with Crippen molar-refractivity contribution in [2.24, 2.45) is 0 Å². The van der Waals surface area contributed by atoms with Crippen molar-refractivity contribution in [3.63, 3.8) is 0 Å². The molecule has 2 aromatic heterocycles. The van der Waals surface area contributed by atoms with E-state index in [1.807, 2.05) is 0 Å². The first-order valence-electron chi connectivity index (χ1n) is 9.96. The number of hydrogen-bond donors (Lipinski definition) is 2. The fourth-order valence-electron chi connectivity index (χ4n) is 3.84. The molecular formula is C21H19F6N5O. The number of aryl methyl sites for hydroxylation is 1. The lowest BCUT2D eigenvalue weighted by atomic mass is 10.0. The quantitative estimate of drug-likeness (QED) is 0.414. The minimum atomic E-state index is -4.95. The molecule has 0 radical (unpaired) electrons. The van der Waals surface area contributed by atoms with Gasteiger partial charge in [0, 0.05) is 23.5 Å². The third-order valence-corrected chi connectivity index (χ3v) is 5.74. The van der Waals surface area contributed by atoms with E-state index in [0.717, 1.165) is 16.7 Å². The fraction of sp³-hybridized carbons (Fsp3) is 0.381. The van der Waals surface area contributed by atoms with Gasteiger partial charge in [0.05, 0.1) is 22.5 Å². The second-order valence-corrected chi connectivity index (χ2v) is 8.14. The summed E-state index contributed by atoms with van der Waals surface area (Å²) in [5.41, 5.74) is 1.31. The number of nitrogens with two attached hydrogens (primary N) is 1. The van der Waals surface area contributed by atoms with E-state index in [2.05, 4.69) is 15.3 Å². The number of nitrogen functional groups attached to an aromatic ring is 1. The van der Waals surface area contributed by atoms with Gasteiger partial charge in [-0.1, -0.05) is 0 Å². The zero-order valence-corrected chi connectivity index (χ0v) is 17.5. The standard InChI is InChI=1S/C21H19F6N5O/c1-9(12-5-11(28)6-14(17(12)22)21(25,26)27)29-18-13-8-32(20(3-4-20)19(23)24)16(33)7-15(13)30-10(2)31-18/h5-9,19H,3-4,28H2,1-2H3,(H,29,30,31). The zero-order valence-electron chi connectivity index (χ0n) is 17.5. The first-order chi connectivity index (χ1) is 15.3. The Morgan fingerprint density at radius 3 is 2.42 bits per heavy atom. The molecule has 0 amide bonds. The number of benzene rings is 1. The summed E-state index contributed by atoms with van der Waals surface area (Å²) in [6.07, 6.45) is -6.26. The fourth-order valence-corrected chi connectivity index (χ4v) is 3.84. The van der Waals surface area contributed by atoms with Gasteiger partial charge in [-0.2, -0.15) is 13.2 Å². The van der Waals surface area contributed by atoms with Crippen LogP contribution in [0.5, 0.6) is 0 Å². The molecule has 2 heterocycles. The first kappa shape index (κ1) is 22.9. The van der Waals surface area contributed by atoms with Crippen LogP contribution >= 0.6 is 0 Å². The highest BCUT2D eigenvalue weighted by Crippen LogP contribution is 2.48. The van der Waals surface area contributed by atoms with Gasteiger partial charge in [-0.3, -0.25) is 4.79 Å². The number of halogens is 6. The summed E-state index contributed by atoms with van der Waals surface area (Å²) in [4.78, 5) is 20.8. The first-order valence-corrected chi connectivity index (χ1v) is 9.96. The van der Waals surface area contributed by atoms with E-state index in [9.17, 15) is 31.1 Å². The lowest BCUT2D eigenvalue weighted by Gasteiger charge is -2.21. The second-order valence-electron chi connectivity index (χ2n) is 8.14. The highest BCUT2D eigenvalue weighted by molar-refractivity contribution is 5.88. The van der Waals surface area contributed by atoms with Gasteiger partial charge in [-0.15, -0.1) is 0 Å². The van der Waals surface area contributed by atoms with Gasteiger partial charge in [0.1, 0.15) is 23.0 Å². The van der Waals surface area contributed by atoms with E-state index in [1.165, 1.54) is 20.0 Å². The van der Waals surface area contributed by atoms with Crippen LogP contribution in [0, 0.1) is 12.7 Å². The van der Waals surface area contributed by atoms with Gasteiger partial charge in [0.2, 0.25) is 0 Å². The Balaban J connectivity index is 1.81. The molecule has 4 rings (SSSR count). The molecular weight excluding hydrogens is 452 g/mol. The van der Waals surface area contributed by atoms with Crippen molar-refractivity contribution in [3.05, 3.63) is 57.5 Å². The Bertz CT molecular complexity index is 1300. The smallest absolute Gasteiger partial charge is 0.399 e. The molecule has 1 unspecified atom stereocenters. The van der Waals surface area contributed by atoms with Crippen LogP contribution < -0.4 is 16.6 Å². The number of nitrogens with zero attached hydrogens (tertiary/aromatic N) is 3. The van der Waals surface area contributed by atoms with E-state index < -0.39 is 41.1 Å². The van der Waals surface area contributed by atoms with Crippen LogP contribution in [0.25, 0.3) is 10.9 Å². The van der Waals surface area contributed by atoms with E-state index in [1.54, 1.807) is 0 Å². The van der Waals surface area contributed by atoms with Crippen molar-refractivity contribution in [2.75, 3.05) is 11.1 Å². The van der Waals surface area contributed by atoms with Crippen molar-refractivity contribution in [1.29, 1.82) is 0 Å². The molecule has 0 bridgehead atoms. The van der Waals surface area contributed by atoms with Crippen molar-refractivity contribution >= 4 is 22.4 Å². The van der Waals surface area contributed by atoms with Crippen molar-refractivity contribution < 1.29 is 26.3 Å². The maximum Gasteiger partial charge on any atom is 0.419 e. The minimum Gasteiger partial charge on any atom is -0.399 e. The summed E-state index contributed by atoms with van der Waals surface area (Å²) in [5.74, 6) is -1.22. The number of fused-ring (bicyclic) bond motifs is 1. The topological polar surface area (TPSA) is 85.8 Å². The maximum atomic E-state index is 14.7. The van der Waals surface area contributed by atoms with Gasteiger partial charge >= 0.3 is 6.18 Å². The molecule has 33 heavy (non-hydrogen) atoms. The number of rotatable bonds is 5. The monoisotopic (exact) mass is 471 g/mol. The molecule has 1 aliphatic carbocycles. The van der Waals surface area contributed by atoms with Gasteiger partial charge in [0.15, 0.2) is 0 Å². The number of alkyl halides is 5. The molecule has 0 saturated heterocycles. The lowest BCUT2D eigenvalue weighted by Crippen LogP contribution is -2.35. The molecule has 1 aromatic carbocycles. The molecule has 1 aliphatic rings. The van der Waals surface area contributed by atoms with E-state index in [0.29, 0.717) is 6.07 Å². The summed E-state index contributed by atoms with van der Waals surface area (Å²) in [7, 11) is 0. The van der Waals surface area contributed by atoms with Gasteiger partial charge in [-0.25, -0.2) is 23.1 Å². The Labute approximate surface area is 183 Å². The zero-order chi connectivity index (χ0) is 24.3. The SMILES string of the molecule is Cc1nc(NC(C)c2cc(N)cc(C(F)(F)F)c2F)c2cn(C3(C(F)F)CC3)c(=O)cc2n1. The molecule has 1 atom stereocenters. The van der Waals surface area contributed by atoms with E-state index in [4.69, 9.17) is 5.73 Å². The van der Waals surface area contributed by atoms with Crippen LogP contribution in [0.1, 0.15) is 42.8 Å². The summed E-state index contributed by atoms with van der Waals surface area (Å²) in [6, 6.07) is 1.64. The van der Waals surface area contributed by atoms with Crippen molar-refractivity contribution in [1.82, 2.24) is 14.5 Å². The van der Waals surface area contributed by atoms with Crippen molar-refractivity contribution in [3.8, 4) is 0 Å². The third kappa shape index (κ3) is 3.98. The van der Waals surface area contributed by atoms with Crippen LogP contribution in [0.3, 0.4) is 0 Å². The van der Waals surface area contributed by atoms with Crippen LogP contribution in [0.15, 0.2) is 29.2 Å². The Hall–Kier alpha value is -3.31. The molecule has 0 spiro atoms. The predicted molar refractivity (Wildman–Crippen MR) is 110 cm³/mol. The largest absolute Gasteiger partial charge is 0.419 e. The van der Waals surface area contributed by atoms with Gasteiger partial charge in [-0.05, 0) is 38.8 Å². The molecule has 3 aromatic rings. The third-order valence-electron chi connectivity index (χ3n) is 5.74. The van der Waals surface area contributed by atoms with Crippen LogP contribution in [-0.2, 0) is 11.7 Å². The summed E-state index contributed by atoms with van der Waals surface area (Å²) >= 11 is 0. The average molecular weight is 471 g/mol. The predicted octanol–water partition coefficient (Wildman–Crippen LogP) is 4.77. The Kier molecular flexibility index (Phi) is 5.29. The lowest BCUT2D eigenvalue weighted by molar-refractivity contribution is -0.140. The number of pyridine rings is 1. The summed E-state index contributed by atoms with van der Waals surface area (Å²) in [5, 5.41) is 3.01. The molecule has 176 valence electrons. The molecule has 3 N–H and O–H groups in total. The summed E-state index contributed by atoms with van der Waals surface area (Å²) < 4.78 is 82.4. The number of hydrogen-bond acceptors (Lipinski definition) is 5. The van der Waals surface area contributed by atoms with E-state index >= 15 is 0 Å². The summed E-state index contributed by atoms with van der Waals surface area (Å²) in [6.45, 7) is 2.92. The van der Waals surface area contributed by atoms with Crippen LogP contribution in [0.2, 0.25) is 0 Å². The number of nitrogens with one attached hydrogen (secondary N) is 1. The van der Waals surface area contributed by atoms with Crippen molar-refractivity contribution in [2.45, 2.75) is 50.9 Å². The second kappa shape index (κ2) is 7.63.